The molecule has 19 heavy (non-hydrogen) atoms. The lowest BCUT2D eigenvalue weighted by Gasteiger charge is -2.00. The van der Waals surface area contributed by atoms with Crippen LogP contribution < -0.4 is 4.74 Å². The van der Waals surface area contributed by atoms with Crippen LogP contribution in [0.5, 0.6) is 5.88 Å². The van der Waals surface area contributed by atoms with Crippen molar-refractivity contribution in [2.45, 2.75) is 13.8 Å². The molecule has 0 saturated heterocycles. The number of hydrogen-bond donors (Lipinski definition) is 0. The third kappa shape index (κ3) is 5.14. The molecule has 0 bridgehead atoms. The summed E-state index contributed by atoms with van der Waals surface area (Å²) in [6, 6.07) is 0. The SMILES string of the molecule is COc1nc(Cl)ncc1C.Cc1cnc(Cl)nc1Cl. The van der Waals surface area contributed by atoms with Crippen molar-refractivity contribution in [3.8, 4) is 5.88 Å². The minimum absolute atomic E-state index is 0.186. The number of rotatable bonds is 1. The van der Waals surface area contributed by atoms with E-state index in [-0.39, 0.29) is 10.6 Å². The summed E-state index contributed by atoms with van der Waals surface area (Å²) < 4.78 is 4.89. The van der Waals surface area contributed by atoms with Gasteiger partial charge >= 0.3 is 0 Å². The second kappa shape index (κ2) is 7.43. The number of aromatic nitrogens is 4. The van der Waals surface area contributed by atoms with Crippen LogP contribution in [-0.2, 0) is 0 Å². The Kier molecular flexibility index (Phi) is 6.21. The van der Waals surface area contributed by atoms with Crippen molar-refractivity contribution in [2.75, 3.05) is 7.11 Å². The van der Waals surface area contributed by atoms with E-state index in [0.717, 1.165) is 11.1 Å². The average molecular weight is 322 g/mol. The molecule has 2 aromatic rings. The summed E-state index contributed by atoms with van der Waals surface area (Å²) in [6.45, 7) is 3.67. The van der Waals surface area contributed by atoms with Crippen LogP contribution in [0.3, 0.4) is 0 Å². The first-order chi connectivity index (χ1) is 8.93. The van der Waals surface area contributed by atoms with Gasteiger partial charge in [0, 0.05) is 23.5 Å². The molecular formula is C11H11Cl3N4O. The highest BCUT2D eigenvalue weighted by Crippen LogP contribution is 2.13. The molecule has 0 N–H and O–H groups in total. The molecule has 0 saturated carbocycles. The first-order valence-corrected chi connectivity index (χ1v) is 6.25. The van der Waals surface area contributed by atoms with Gasteiger partial charge in [0.25, 0.3) is 0 Å². The second-order valence-corrected chi connectivity index (χ2v) is 4.48. The van der Waals surface area contributed by atoms with Crippen molar-refractivity contribution in [1.29, 1.82) is 0 Å². The lowest BCUT2D eigenvalue weighted by atomic mass is 10.4. The number of aryl methyl sites for hydroxylation is 2. The maximum absolute atomic E-state index is 5.58. The topological polar surface area (TPSA) is 60.8 Å². The van der Waals surface area contributed by atoms with Crippen LogP contribution in [0.2, 0.25) is 15.7 Å². The predicted octanol–water partition coefficient (Wildman–Crippen LogP) is 3.54. The fraction of sp³-hybridized carbons (Fsp3) is 0.273. The summed E-state index contributed by atoms with van der Waals surface area (Å²) in [5, 5.41) is 0.808. The zero-order valence-electron chi connectivity index (χ0n) is 10.5. The summed E-state index contributed by atoms with van der Waals surface area (Å²) in [5.74, 6) is 0.528. The summed E-state index contributed by atoms with van der Waals surface area (Å²) in [6.07, 6.45) is 3.20. The second-order valence-electron chi connectivity index (χ2n) is 3.44. The van der Waals surface area contributed by atoms with Crippen LogP contribution in [0, 0.1) is 13.8 Å². The zero-order valence-corrected chi connectivity index (χ0v) is 12.8. The summed E-state index contributed by atoms with van der Waals surface area (Å²) in [4.78, 5) is 15.0. The number of ether oxygens (including phenoxy) is 1. The van der Waals surface area contributed by atoms with Gasteiger partial charge in [0.15, 0.2) is 0 Å². The lowest BCUT2D eigenvalue weighted by Crippen LogP contribution is -1.92. The van der Waals surface area contributed by atoms with Crippen LogP contribution in [-0.4, -0.2) is 27.0 Å². The van der Waals surface area contributed by atoms with Crippen molar-refractivity contribution in [1.82, 2.24) is 19.9 Å². The number of hydrogen-bond acceptors (Lipinski definition) is 5. The van der Waals surface area contributed by atoms with Gasteiger partial charge in [-0.1, -0.05) is 11.6 Å². The standard InChI is InChI=1S/C6H7ClN2O.C5H4Cl2N2/c1-4-3-8-6(7)9-5(4)10-2;1-3-2-8-5(7)9-4(3)6/h3H,1-2H3;2H,1H3. The summed E-state index contributed by atoms with van der Waals surface area (Å²) >= 11 is 16.5. The predicted molar refractivity (Wildman–Crippen MR) is 75.1 cm³/mol. The molecule has 2 heterocycles. The molecule has 102 valence electrons. The fourth-order valence-electron chi connectivity index (χ4n) is 1.01. The van der Waals surface area contributed by atoms with E-state index in [1.807, 2.05) is 13.8 Å². The number of nitrogens with zero attached hydrogens (tertiary/aromatic N) is 4. The Labute approximate surface area is 125 Å². The highest BCUT2D eigenvalue weighted by atomic mass is 35.5. The van der Waals surface area contributed by atoms with Gasteiger partial charge in [-0.25, -0.2) is 15.0 Å². The van der Waals surface area contributed by atoms with Gasteiger partial charge < -0.3 is 4.74 Å². The minimum Gasteiger partial charge on any atom is -0.481 e. The molecule has 0 aliphatic heterocycles. The van der Waals surface area contributed by atoms with Crippen LogP contribution in [0.25, 0.3) is 0 Å². The molecule has 0 aromatic carbocycles. The molecule has 0 aliphatic carbocycles. The minimum atomic E-state index is 0.186. The molecular weight excluding hydrogens is 311 g/mol. The monoisotopic (exact) mass is 320 g/mol. The molecule has 5 nitrogen and oxygen atoms in total. The maximum atomic E-state index is 5.58. The summed E-state index contributed by atoms with van der Waals surface area (Å²) in [5.41, 5.74) is 1.72. The van der Waals surface area contributed by atoms with Crippen molar-refractivity contribution in [3.05, 3.63) is 39.2 Å². The molecule has 0 fully saturated rings. The van der Waals surface area contributed by atoms with Crippen LogP contribution in [0.4, 0.5) is 0 Å². The largest absolute Gasteiger partial charge is 0.481 e. The van der Waals surface area contributed by atoms with Gasteiger partial charge in [-0.3, -0.25) is 0 Å². The Bertz CT molecular complexity index is 566. The van der Waals surface area contributed by atoms with E-state index in [1.165, 1.54) is 0 Å². The van der Waals surface area contributed by atoms with Gasteiger partial charge in [0.1, 0.15) is 5.15 Å². The Balaban J connectivity index is 0.000000191. The number of halogens is 3. The first-order valence-electron chi connectivity index (χ1n) is 5.11. The fourth-order valence-corrected chi connectivity index (χ4v) is 1.45. The zero-order chi connectivity index (χ0) is 14.4. The van der Waals surface area contributed by atoms with Gasteiger partial charge in [-0.2, -0.15) is 4.98 Å². The van der Waals surface area contributed by atoms with Crippen molar-refractivity contribution < 1.29 is 4.74 Å². The normalized spacial score (nSPS) is 9.58. The molecule has 2 aromatic heterocycles. The quantitative estimate of drug-likeness (QED) is 0.594. The first kappa shape index (κ1) is 15.9. The molecule has 8 heteroatoms. The Morgan fingerprint density at radius 2 is 1.42 bits per heavy atom. The molecule has 0 amide bonds. The summed E-state index contributed by atoms with van der Waals surface area (Å²) in [7, 11) is 1.55. The van der Waals surface area contributed by atoms with E-state index in [4.69, 9.17) is 39.5 Å². The molecule has 0 unspecified atom stereocenters. The van der Waals surface area contributed by atoms with Gasteiger partial charge in [0.05, 0.1) is 7.11 Å². The smallest absolute Gasteiger partial charge is 0.225 e. The highest BCUT2D eigenvalue weighted by Gasteiger charge is 1.99. The van der Waals surface area contributed by atoms with Crippen molar-refractivity contribution in [2.24, 2.45) is 0 Å². The average Bonchev–Trinajstić information content (AvgIpc) is 2.38. The van der Waals surface area contributed by atoms with E-state index in [0.29, 0.717) is 11.0 Å². The Morgan fingerprint density at radius 3 is 1.84 bits per heavy atom. The van der Waals surface area contributed by atoms with E-state index >= 15 is 0 Å². The third-order valence-electron chi connectivity index (χ3n) is 1.97. The van der Waals surface area contributed by atoms with E-state index < -0.39 is 0 Å². The van der Waals surface area contributed by atoms with E-state index in [2.05, 4.69) is 19.9 Å². The Hall–Kier alpha value is -1.17. The highest BCUT2D eigenvalue weighted by molar-refractivity contribution is 6.32. The van der Waals surface area contributed by atoms with Crippen LogP contribution in [0.15, 0.2) is 12.4 Å². The lowest BCUT2D eigenvalue weighted by molar-refractivity contribution is 0.393. The Morgan fingerprint density at radius 1 is 0.895 bits per heavy atom. The van der Waals surface area contributed by atoms with Crippen molar-refractivity contribution >= 4 is 34.8 Å². The van der Waals surface area contributed by atoms with Gasteiger partial charge in [-0.05, 0) is 37.0 Å². The molecule has 0 atom stereocenters. The van der Waals surface area contributed by atoms with Crippen LogP contribution >= 0.6 is 34.8 Å². The van der Waals surface area contributed by atoms with Gasteiger partial charge in [0.2, 0.25) is 16.4 Å². The van der Waals surface area contributed by atoms with E-state index in [1.54, 1.807) is 19.5 Å². The van der Waals surface area contributed by atoms with Gasteiger partial charge in [-0.15, -0.1) is 0 Å². The van der Waals surface area contributed by atoms with Crippen LogP contribution in [0.1, 0.15) is 11.1 Å². The maximum Gasteiger partial charge on any atom is 0.225 e. The molecule has 0 aliphatic rings. The molecule has 2 rings (SSSR count). The molecule has 0 radical (unpaired) electrons. The number of methoxy groups -OCH3 is 1. The molecule has 0 spiro atoms. The van der Waals surface area contributed by atoms with E-state index in [9.17, 15) is 0 Å². The third-order valence-corrected chi connectivity index (χ3v) is 2.72. The van der Waals surface area contributed by atoms with Crippen molar-refractivity contribution in [3.63, 3.8) is 0 Å².